The number of aliphatic hydroxyl groups is 1. The average molecular weight is 616 g/mol. The van der Waals surface area contributed by atoms with Crippen LogP contribution < -0.4 is 0 Å². The van der Waals surface area contributed by atoms with Crippen molar-refractivity contribution < 1.29 is 19.5 Å². The molecule has 3 amide bonds. The zero-order chi connectivity index (χ0) is 31.1. The summed E-state index contributed by atoms with van der Waals surface area (Å²) in [6.07, 6.45) is 8.26. The number of carbonyl (C=O) groups is 3. The Labute approximate surface area is 266 Å². The second-order valence-corrected chi connectivity index (χ2v) is 13.8. The molecule has 3 heterocycles. The summed E-state index contributed by atoms with van der Waals surface area (Å²) in [7, 11) is 0. The summed E-state index contributed by atoms with van der Waals surface area (Å²) in [5.41, 5.74) is 2.05. The Hall–Kier alpha value is -3.36. The zero-order valence-corrected chi connectivity index (χ0v) is 26.4. The predicted molar refractivity (Wildman–Crippen MR) is 175 cm³/mol. The van der Waals surface area contributed by atoms with Gasteiger partial charge in [0.2, 0.25) is 17.7 Å². The van der Waals surface area contributed by atoms with Gasteiger partial charge in [-0.1, -0.05) is 85.7 Å². The van der Waals surface area contributed by atoms with E-state index in [4.69, 9.17) is 0 Å². The molecule has 234 valence electrons. The van der Waals surface area contributed by atoms with Gasteiger partial charge in [-0.2, -0.15) is 0 Å². The molecular weight excluding hydrogens is 570 g/mol. The van der Waals surface area contributed by atoms with E-state index in [0.717, 1.165) is 49.7 Å². The number of fused-ring (bicyclic) bond motifs is 1. The fraction of sp³-hybridized carbons (Fsp3) is 0.472. The minimum absolute atomic E-state index is 0.00326. The van der Waals surface area contributed by atoms with Gasteiger partial charge in [-0.25, -0.2) is 0 Å². The lowest BCUT2D eigenvalue weighted by atomic mass is 9.70. The smallest absolute Gasteiger partial charge is 0.247 e. The first-order valence-corrected chi connectivity index (χ1v) is 16.8. The highest BCUT2D eigenvalue weighted by Gasteiger charge is 2.74. The lowest BCUT2D eigenvalue weighted by molar-refractivity contribution is -0.145. The Balaban J connectivity index is 1.46. The maximum absolute atomic E-state index is 14.6. The molecule has 1 spiro atoms. The minimum Gasteiger partial charge on any atom is -0.396 e. The van der Waals surface area contributed by atoms with E-state index in [0.29, 0.717) is 32.7 Å². The van der Waals surface area contributed by atoms with E-state index in [1.165, 1.54) is 0 Å². The van der Waals surface area contributed by atoms with Crippen LogP contribution >= 0.6 is 11.8 Å². The van der Waals surface area contributed by atoms with Crippen LogP contribution in [0.1, 0.15) is 49.7 Å². The van der Waals surface area contributed by atoms with Gasteiger partial charge < -0.3 is 19.8 Å². The monoisotopic (exact) mass is 615 g/mol. The summed E-state index contributed by atoms with van der Waals surface area (Å²) in [6.45, 7) is 10.1. The summed E-state index contributed by atoms with van der Waals surface area (Å²) >= 11 is 1.72. The number of likely N-dealkylation sites (tertiary alicyclic amines) is 1. The van der Waals surface area contributed by atoms with Gasteiger partial charge in [-0.15, -0.1) is 24.9 Å². The van der Waals surface area contributed by atoms with Crippen molar-refractivity contribution in [3.63, 3.8) is 0 Å². The Morgan fingerprint density at radius 2 is 1.45 bits per heavy atom. The summed E-state index contributed by atoms with van der Waals surface area (Å²) in [5.74, 6) is -1.14. The van der Waals surface area contributed by atoms with Crippen molar-refractivity contribution in [2.24, 2.45) is 11.8 Å². The molecule has 0 aromatic heterocycles. The maximum Gasteiger partial charge on any atom is 0.247 e. The van der Waals surface area contributed by atoms with Gasteiger partial charge in [0.15, 0.2) is 0 Å². The van der Waals surface area contributed by atoms with Gasteiger partial charge in [0.05, 0.1) is 16.6 Å². The number of rotatable bonds is 16. The standard InChI is InChI=1S/C36H45N3O4S/c1-3-21-37(25-27-15-9-7-10-16-27)33(41)30-29-19-20-36(44-29)31(30)34(42)39(23-13-5-6-14-24-40)32(36)35(43)38(22-4-2)26-28-17-11-8-12-18-28/h3-4,7-12,15-18,29-32,40H,1-2,5-6,13-14,19-26H2/t29-,30+,31-,32?,36?/m0/s1. The van der Waals surface area contributed by atoms with Crippen LogP contribution in [0.15, 0.2) is 86.0 Å². The van der Waals surface area contributed by atoms with Crippen LogP contribution in [0.3, 0.4) is 0 Å². The summed E-state index contributed by atoms with van der Waals surface area (Å²) in [5, 5.41) is 9.24. The number of aliphatic hydroxyl groups excluding tert-OH is 1. The molecule has 0 aliphatic carbocycles. The Bertz CT molecular complexity index is 1320. The molecule has 2 bridgehead atoms. The van der Waals surface area contributed by atoms with E-state index in [9.17, 15) is 19.5 Å². The topological polar surface area (TPSA) is 81.2 Å². The van der Waals surface area contributed by atoms with Crippen LogP contribution in [-0.2, 0) is 27.5 Å². The summed E-state index contributed by atoms with van der Waals surface area (Å²) < 4.78 is -0.632. The number of hydrogen-bond donors (Lipinski definition) is 1. The maximum atomic E-state index is 14.6. The number of nitrogens with zero attached hydrogens (tertiary/aromatic N) is 3. The third-order valence-electron chi connectivity index (χ3n) is 9.38. The summed E-state index contributed by atoms with van der Waals surface area (Å²) in [4.78, 5) is 49.0. The molecule has 2 unspecified atom stereocenters. The first-order valence-electron chi connectivity index (χ1n) is 15.9. The van der Waals surface area contributed by atoms with E-state index in [2.05, 4.69) is 13.2 Å². The number of benzene rings is 2. The molecule has 1 N–H and O–H groups in total. The van der Waals surface area contributed by atoms with Gasteiger partial charge in [0.25, 0.3) is 0 Å². The molecule has 44 heavy (non-hydrogen) atoms. The molecule has 3 saturated heterocycles. The molecular formula is C36H45N3O4S. The van der Waals surface area contributed by atoms with Crippen LogP contribution in [-0.4, -0.2) is 79.8 Å². The Morgan fingerprint density at radius 3 is 2.02 bits per heavy atom. The molecule has 5 rings (SSSR count). The van der Waals surface area contributed by atoms with Crippen LogP contribution in [0.2, 0.25) is 0 Å². The first kappa shape index (κ1) is 32.0. The second-order valence-electron chi connectivity index (χ2n) is 12.2. The highest BCUT2D eigenvalue weighted by Crippen LogP contribution is 2.66. The van der Waals surface area contributed by atoms with Crippen molar-refractivity contribution in [3.8, 4) is 0 Å². The lowest BCUT2D eigenvalue weighted by Gasteiger charge is -2.37. The van der Waals surface area contributed by atoms with E-state index in [1.807, 2.05) is 75.4 Å². The van der Waals surface area contributed by atoms with Crippen LogP contribution in [0.5, 0.6) is 0 Å². The third kappa shape index (κ3) is 6.38. The van der Waals surface area contributed by atoms with Crippen molar-refractivity contribution in [2.45, 2.75) is 67.7 Å². The number of amides is 3. The van der Waals surface area contributed by atoms with E-state index in [-0.39, 0.29) is 29.6 Å². The zero-order valence-electron chi connectivity index (χ0n) is 25.6. The molecule has 0 radical (unpaired) electrons. The van der Waals surface area contributed by atoms with Crippen LogP contribution in [0.4, 0.5) is 0 Å². The van der Waals surface area contributed by atoms with Crippen LogP contribution in [0.25, 0.3) is 0 Å². The van der Waals surface area contributed by atoms with Gasteiger partial charge >= 0.3 is 0 Å². The van der Waals surface area contributed by atoms with E-state index >= 15 is 0 Å². The molecule has 0 saturated carbocycles. The second kappa shape index (κ2) is 14.6. The summed E-state index contributed by atoms with van der Waals surface area (Å²) in [6, 6.07) is 19.2. The number of unbranched alkanes of at least 4 members (excludes halogenated alkanes) is 3. The van der Waals surface area contributed by atoms with Gasteiger partial charge in [-0.3, -0.25) is 14.4 Å². The Kier molecular flexibility index (Phi) is 10.6. The number of thioether (sulfide) groups is 1. The number of carbonyl (C=O) groups excluding carboxylic acids is 3. The highest BCUT2D eigenvalue weighted by atomic mass is 32.2. The molecule has 3 aliphatic heterocycles. The highest BCUT2D eigenvalue weighted by molar-refractivity contribution is 8.02. The minimum atomic E-state index is -0.632. The fourth-order valence-corrected chi connectivity index (χ4v) is 9.68. The van der Waals surface area contributed by atoms with E-state index in [1.54, 1.807) is 23.9 Å². The Morgan fingerprint density at radius 1 is 0.886 bits per heavy atom. The fourth-order valence-electron chi connectivity index (χ4n) is 7.47. The normalized spacial score (nSPS) is 25.1. The molecule has 2 aromatic rings. The van der Waals surface area contributed by atoms with Gasteiger partial charge in [0, 0.05) is 44.6 Å². The first-order chi connectivity index (χ1) is 21.4. The number of hydrogen-bond acceptors (Lipinski definition) is 5. The lowest BCUT2D eigenvalue weighted by Crippen LogP contribution is -2.54. The van der Waals surface area contributed by atoms with Gasteiger partial charge in [-0.05, 0) is 36.8 Å². The largest absolute Gasteiger partial charge is 0.396 e. The molecule has 3 aliphatic rings. The quantitative estimate of drug-likeness (QED) is 0.211. The average Bonchev–Trinajstić information content (AvgIpc) is 3.68. The van der Waals surface area contributed by atoms with Crippen molar-refractivity contribution in [1.82, 2.24) is 14.7 Å². The van der Waals surface area contributed by atoms with Crippen molar-refractivity contribution in [3.05, 3.63) is 97.1 Å². The molecule has 7 nitrogen and oxygen atoms in total. The predicted octanol–water partition coefficient (Wildman–Crippen LogP) is 5.06. The molecule has 2 aromatic carbocycles. The van der Waals surface area contributed by atoms with Gasteiger partial charge in [0.1, 0.15) is 6.04 Å². The molecule has 5 atom stereocenters. The molecule has 8 heteroatoms. The van der Waals surface area contributed by atoms with Crippen LogP contribution in [0, 0.1) is 11.8 Å². The van der Waals surface area contributed by atoms with Crippen molar-refractivity contribution in [1.29, 1.82) is 0 Å². The van der Waals surface area contributed by atoms with Crippen molar-refractivity contribution in [2.75, 3.05) is 26.2 Å². The third-order valence-corrected chi connectivity index (χ3v) is 11.3. The molecule has 3 fully saturated rings. The van der Waals surface area contributed by atoms with E-state index < -0.39 is 22.6 Å². The van der Waals surface area contributed by atoms with Crippen molar-refractivity contribution >= 4 is 29.5 Å². The SMILES string of the molecule is C=CCN(Cc1ccccc1)C(=O)C1N(CCCCCCO)C(=O)[C@@H]2[C@H](C(=O)N(CC=C)Cc3ccccc3)[C@@H]3CCC12S3.